The van der Waals surface area contributed by atoms with E-state index in [2.05, 4.69) is 56.7 Å². The van der Waals surface area contributed by atoms with Gasteiger partial charge >= 0.3 is 0 Å². The third-order valence-electron chi connectivity index (χ3n) is 7.64. The predicted molar refractivity (Wildman–Crippen MR) is 149 cm³/mol. The van der Waals surface area contributed by atoms with Crippen molar-refractivity contribution < 1.29 is 4.74 Å². The van der Waals surface area contributed by atoms with E-state index in [1.165, 1.54) is 0 Å². The fourth-order valence-electron chi connectivity index (χ4n) is 5.53. The molecule has 1 N–H and O–H groups in total. The molecule has 0 bridgehead atoms. The Morgan fingerprint density at radius 1 is 0.949 bits per heavy atom. The van der Waals surface area contributed by atoms with Gasteiger partial charge in [-0.2, -0.15) is 10.2 Å². The molecule has 39 heavy (non-hydrogen) atoms. The van der Waals surface area contributed by atoms with E-state index in [4.69, 9.17) is 14.8 Å². The van der Waals surface area contributed by atoms with Gasteiger partial charge in [0.05, 0.1) is 19.2 Å². The van der Waals surface area contributed by atoms with Crippen LogP contribution in [-0.2, 0) is 11.3 Å². The number of piperazine rings is 1. The Labute approximate surface area is 225 Å². The van der Waals surface area contributed by atoms with Crippen LogP contribution in [-0.4, -0.2) is 68.9 Å². The van der Waals surface area contributed by atoms with Crippen molar-refractivity contribution in [1.29, 1.82) is 0 Å². The number of aromatic nitrogens is 6. The van der Waals surface area contributed by atoms with Crippen molar-refractivity contribution in [3.63, 3.8) is 0 Å². The minimum absolute atomic E-state index is 0.0615. The number of hydrogen-bond donors (Lipinski definition) is 1. The number of nitrogens with zero attached hydrogens (tertiary/aromatic N) is 7. The summed E-state index contributed by atoms with van der Waals surface area (Å²) in [6.07, 6.45) is 5.48. The van der Waals surface area contributed by atoms with Crippen LogP contribution in [0.3, 0.4) is 0 Å². The molecule has 10 nitrogen and oxygen atoms in total. The number of anilines is 1. The smallest absolute Gasteiger partial charge is 0.297 e. The molecule has 0 spiro atoms. The highest BCUT2D eigenvalue weighted by molar-refractivity contribution is 5.89. The van der Waals surface area contributed by atoms with Crippen LogP contribution in [0.15, 0.2) is 65.7 Å². The predicted octanol–water partition coefficient (Wildman–Crippen LogP) is 2.96. The fraction of sp³-hybridized carbons (Fsp3) is 0.345. The second kappa shape index (κ2) is 10.2. The number of ether oxygens (including phenoxy) is 1. The Kier molecular flexibility index (Phi) is 6.26. The molecular weight excluding hydrogens is 492 g/mol. The van der Waals surface area contributed by atoms with Crippen molar-refractivity contribution in [3.8, 4) is 22.5 Å². The molecule has 0 radical (unpaired) electrons. The van der Waals surface area contributed by atoms with Crippen LogP contribution in [0.2, 0.25) is 0 Å². The molecule has 2 saturated heterocycles. The summed E-state index contributed by atoms with van der Waals surface area (Å²) < 4.78 is 8.97. The van der Waals surface area contributed by atoms with Gasteiger partial charge in [0.2, 0.25) is 0 Å². The summed E-state index contributed by atoms with van der Waals surface area (Å²) in [6, 6.07) is 16.4. The minimum Gasteiger partial charge on any atom is -0.379 e. The molecule has 4 aliphatic heterocycles. The van der Waals surface area contributed by atoms with Crippen LogP contribution in [0.4, 0.5) is 5.82 Å². The Hall–Kier alpha value is -4.15. The van der Waals surface area contributed by atoms with E-state index in [0.717, 1.165) is 73.5 Å². The fourth-order valence-corrected chi connectivity index (χ4v) is 5.53. The number of benzene rings is 1. The van der Waals surface area contributed by atoms with Gasteiger partial charge in [-0.25, -0.2) is 19.3 Å². The van der Waals surface area contributed by atoms with Gasteiger partial charge in [0.25, 0.3) is 5.56 Å². The summed E-state index contributed by atoms with van der Waals surface area (Å²) in [6.45, 7) is 5.65. The molecule has 198 valence electrons. The number of nitrogens with one attached hydrogen (secondary N) is 1. The van der Waals surface area contributed by atoms with Gasteiger partial charge in [-0.3, -0.25) is 4.79 Å². The van der Waals surface area contributed by atoms with E-state index in [1.807, 2.05) is 18.3 Å². The standard InChI is InChI=1S/C29H30N8O2/c38-29-27-26(34-37(29)23-3-2-16-39-19-23)24-4-1-11-31-28(24)36(33-27)18-20-5-7-21(8-6-20)22-9-10-25(32-17-22)35-14-12-30-13-15-35/h1,4-11,17,23,30H,2-3,12-16,18-19H2. The lowest BCUT2D eigenvalue weighted by Gasteiger charge is -2.28. The Morgan fingerprint density at radius 2 is 1.79 bits per heavy atom. The summed E-state index contributed by atoms with van der Waals surface area (Å²) in [4.78, 5) is 25.0. The quantitative estimate of drug-likeness (QED) is 0.376. The first-order valence-corrected chi connectivity index (χ1v) is 13.6. The highest BCUT2D eigenvalue weighted by Crippen LogP contribution is 2.27. The first-order chi connectivity index (χ1) is 19.2. The Bertz CT molecular complexity index is 1610. The number of fused-ring (bicyclic) bond motifs is 3. The van der Waals surface area contributed by atoms with E-state index in [1.54, 1.807) is 15.6 Å². The second-order valence-electron chi connectivity index (χ2n) is 10.2. The molecule has 0 saturated carbocycles. The van der Waals surface area contributed by atoms with Crippen molar-refractivity contribution in [1.82, 2.24) is 34.8 Å². The first kappa shape index (κ1) is 23.9. The summed E-state index contributed by atoms with van der Waals surface area (Å²) in [5.74, 6) is 1.02. The lowest BCUT2D eigenvalue weighted by atomic mass is 10.1. The van der Waals surface area contributed by atoms with Gasteiger partial charge in [0, 0.05) is 56.1 Å². The van der Waals surface area contributed by atoms with Crippen LogP contribution >= 0.6 is 0 Å². The van der Waals surface area contributed by atoms with Gasteiger partial charge in [-0.1, -0.05) is 24.3 Å². The van der Waals surface area contributed by atoms with Gasteiger partial charge in [0.15, 0.2) is 11.3 Å². The number of rotatable bonds is 5. The lowest BCUT2D eigenvalue weighted by Crippen LogP contribution is -2.43. The molecule has 2 aromatic heterocycles. The molecular formula is C29H30N8O2. The molecule has 3 aromatic rings. The van der Waals surface area contributed by atoms with Crippen molar-refractivity contribution in [3.05, 3.63) is 76.8 Å². The van der Waals surface area contributed by atoms with Crippen LogP contribution in [0.5, 0.6) is 0 Å². The Morgan fingerprint density at radius 3 is 2.56 bits per heavy atom. The number of pyridine rings is 2. The summed E-state index contributed by atoms with van der Waals surface area (Å²) in [7, 11) is 0. The zero-order valence-electron chi connectivity index (χ0n) is 21.7. The van der Waals surface area contributed by atoms with Gasteiger partial charge in [-0.15, -0.1) is 0 Å². The van der Waals surface area contributed by atoms with Gasteiger partial charge < -0.3 is 15.0 Å². The summed E-state index contributed by atoms with van der Waals surface area (Å²) >= 11 is 0. The minimum atomic E-state index is -0.174. The SMILES string of the molecule is O=c1c2nn(Cc3ccc(-c4ccc(N5CCNCC5)nc4)cc3)c3ncccc3c-2nn1C1CCCOC1. The lowest BCUT2D eigenvalue weighted by molar-refractivity contribution is 0.0540. The van der Waals surface area contributed by atoms with Crippen molar-refractivity contribution in [2.24, 2.45) is 0 Å². The van der Waals surface area contributed by atoms with E-state index < -0.39 is 0 Å². The Balaban J connectivity index is 1.17. The third kappa shape index (κ3) is 4.55. The molecule has 1 aromatic carbocycles. The van der Waals surface area contributed by atoms with Crippen molar-refractivity contribution in [2.45, 2.75) is 25.4 Å². The maximum absolute atomic E-state index is 13.3. The van der Waals surface area contributed by atoms with Crippen LogP contribution in [0.1, 0.15) is 24.4 Å². The van der Waals surface area contributed by atoms with Crippen molar-refractivity contribution >= 4 is 16.9 Å². The largest absolute Gasteiger partial charge is 0.379 e. The topological polar surface area (TPSA) is 103 Å². The molecule has 1 unspecified atom stereocenters. The third-order valence-corrected chi connectivity index (χ3v) is 7.64. The normalized spacial score (nSPS) is 18.2. The molecule has 4 aliphatic rings. The molecule has 6 heterocycles. The van der Waals surface area contributed by atoms with E-state index in [0.29, 0.717) is 30.2 Å². The second-order valence-corrected chi connectivity index (χ2v) is 10.2. The average Bonchev–Trinajstić information content (AvgIpc) is 3.35. The van der Waals surface area contributed by atoms with E-state index in [9.17, 15) is 4.79 Å². The van der Waals surface area contributed by atoms with Crippen LogP contribution in [0.25, 0.3) is 33.5 Å². The van der Waals surface area contributed by atoms with Gasteiger partial charge in [0.1, 0.15) is 11.5 Å². The molecule has 7 rings (SSSR count). The van der Waals surface area contributed by atoms with Crippen molar-refractivity contribution in [2.75, 3.05) is 44.3 Å². The molecule has 0 amide bonds. The average molecular weight is 523 g/mol. The van der Waals surface area contributed by atoms with Crippen LogP contribution < -0.4 is 15.8 Å². The molecule has 2 fully saturated rings. The van der Waals surface area contributed by atoms with E-state index in [-0.39, 0.29) is 11.6 Å². The zero-order chi connectivity index (χ0) is 26.2. The highest BCUT2D eigenvalue weighted by Gasteiger charge is 2.27. The maximum atomic E-state index is 13.3. The monoisotopic (exact) mass is 522 g/mol. The molecule has 1 atom stereocenters. The number of hydrogen-bond acceptors (Lipinski definition) is 8. The van der Waals surface area contributed by atoms with Gasteiger partial charge in [-0.05, 0) is 48.2 Å². The molecule has 0 aliphatic carbocycles. The first-order valence-electron chi connectivity index (χ1n) is 13.6. The summed E-state index contributed by atoms with van der Waals surface area (Å²) in [5, 5.41) is 13.6. The van der Waals surface area contributed by atoms with E-state index >= 15 is 0 Å². The summed E-state index contributed by atoms with van der Waals surface area (Å²) in [5.41, 5.74) is 4.74. The highest BCUT2D eigenvalue weighted by atomic mass is 16.5. The molecule has 10 heteroatoms. The zero-order valence-corrected chi connectivity index (χ0v) is 21.7. The van der Waals surface area contributed by atoms with Crippen LogP contribution in [0, 0.1) is 0 Å². The maximum Gasteiger partial charge on any atom is 0.297 e.